The normalized spacial score (nSPS) is 15.4. The van der Waals surface area contributed by atoms with Crippen molar-refractivity contribution in [3.8, 4) is 0 Å². The number of amidine groups is 1. The Morgan fingerprint density at radius 2 is 1.59 bits per heavy atom. The number of nitrogens with one attached hydrogen (secondary N) is 1. The molecule has 3 aromatic rings. The van der Waals surface area contributed by atoms with E-state index in [1.54, 1.807) is 30.3 Å². The number of aromatic nitrogens is 2. The van der Waals surface area contributed by atoms with Gasteiger partial charge in [-0.05, 0) is 32.0 Å². The van der Waals surface area contributed by atoms with Crippen molar-refractivity contribution in [3.05, 3.63) is 71.8 Å². The fourth-order valence-corrected chi connectivity index (χ4v) is 3.26. The van der Waals surface area contributed by atoms with Crippen LogP contribution in [0.3, 0.4) is 0 Å². The molecule has 0 saturated carbocycles. The van der Waals surface area contributed by atoms with Gasteiger partial charge in [-0.3, -0.25) is 5.41 Å². The van der Waals surface area contributed by atoms with E-state index in [2.05, 4.69) is 25.3 Å². The lowest BCUT2D eigenvalue weighted by atomic mass is 9.86. The summed E-state index contributed by atoms with van der Waals surface area (Å²) in [7, 11) is 0. The van der Waals surface area contributed by atoms with E-state index in [-0.39, 0.29) is 41.3 Å². The summed E-state index contributed by atoms with van der Waals surface area (Å²) in [6.07, 6.45) is 0. The first-order valence-electron chi connectivity index (χ1n) is 9.86. The van der Waals surface area contributed by atoms with Crippen LogP contribution in [0, 0.1) is 16.6 Å². The van der Waals surface area contributed by atoms with Crippen LogP contribution in [0.15, 0.2) is 69.9 Å². The second-order valence-corrected chi connectivity index (χ2v) is 7.77. The van der Waals surface area contributed by atoms with Crippen LogP contribution in [-0.2, 0) is 6.54 Å². The number of rotatable bonds is 5. The van der Waals surface area contributed by atoms with Crippen molar-refractivity contribution in [3.63, 3.8) is 0 Å². The molecule has 0 fully saturated rings. The third-order valence-electron chi connectivity index (χ3n) is 5.11. The fourth-order valence-electron chi connectivity index (χ4n) is 3.26. The summed E-state index contributed by atoms with van der Waals surface area (Å²) in [4.78, 5) is 8.64. The number of hydrogen-bond donors (Lipinski definition) is 3. The number of benzene rings is 2. The zero-order chi connectivity index (χ0) is 22.9. The van der Waals surface area contributed by atoms with Crippen LogP contribution in [0.2, 0.25) is 0 Å². The third-order valence-corrected chi connectivity index (χ3v) is 5.11. The Kier molecular flexibility index (Phi) is 5.35. The molecule has 9 nitrogen and oxygen atoms in total. The van der Waals surface area contributed by atoms with E-state index in [9.17, 15) is 4.39 Å². The van der Waals surface area contributed by atoms with Gasteiger partial charge in [0.15, 0.2) is 23.1 Å². The summed E-state index contributed by atoms with van der Waals surface area (Å²) in [5.41, 5.74) is 13.0. The van der Waals surface area contributed by atoms with Gasteiger partial charge in [0, 0.05) is 5.56 Å². The van der Waals surface area contributed by atoms with E-state index in [1.165, 1.54) is 11.1 Å². The largest absolute Gasteiger partial charge is 0.382 e. The molecule has 0 atom stereocenters. The van der Waals surface area contributed by atoms with Crippen LogP contribution < -0.4 is 11.5 Å². The van der Waals surface area contributed by atoms with Gasteiger partial charge in [0.25, 0.3) is 0 Å². The molecule has 2 heterocycles. The van der Waals surface area contributed by atoms with Crippen molar-refractivity contribution in [2.75, 3.05) is 11.5 Å². The van der Waals surface area contributed by atoms with Gasteiger partial charge in [0.05, 0.1) is 17.6 Å². The second-order valence-electron chi connectivity index (χ2n) is 7.77. The molecule has 0 saturated heterocycles. The van der Waals surface area contributed by atoms with Crippen molar-refractivity contribution < 1.29 is 4.39 Å². The zero-order valence-corrected chi connectivity index (χ0v) is 17.6. The molecule has 5 N–H and O–H groups in total. The van der Waals surface area contributed by atoms with Gasteiger partial charge in [-0.1, -0.05) is 36.4 Å². The Bertz CT molecular complexity index is 1210. The van der Waals surface area contributed by atoms with E-state index in [0.29, 0.717) is 17.0 Å². The van der Waals surface area contributed by atoms with E-state index in [1.807, 2.05) is 32.0 Å². The summed E-state index contributed by atoms with van der Waals surface area (Å²) in [5.74, 6) is 0.0999. The summed E-state index contributed by atoms with van der Waals surface area (Å²) < 4.78 is 14.1. The first-order chi connectivity index (χ1) is 15.3. The number of nitrogens with zero attached hydrogens (tertiary/aromatic N) is 6. The molecule has 1 aromatic heterocycles. The monoisotopic (exact) mass is 431 g/mol. The molecular formula is C22H22FN9. The number of azo groups is 1. The Hall–Kier alpha value is -4.21. The van der Waals surface area contributed by atoms with Gasteiger partial charge < -0.3 is 11.5 Å². The minimum atomic E-state index is -0.836. The molecule has 10 heteroatoms. The molecular weight excluding hydrogens is 409 g/mol. The highest BCUT2D eigenvalue weighted by Gasteiger charge is 2.42. The average molecular weight is 431 g/mol. The quantitative estimate of drug-likeness (QED) is 0.513. The molecule has 0 bridgehead atoms. The van der Waals surface area contributed by atoms with Gasteiger partial charge in [-0.15, -0.1) is 5.11 Å². The summed E-state index contributed by atoms with van der Waals surface area (Å²) in [5, 5.41) is 22.7. The number of hydrazone groups is 1. The Morgan fingerprint density at radius 3 is 2.25 bits per heavy atom. The smallest absolute Gasteiger partial charge is 0.181 e. The van der Waals surface area contributed by atoms with Crippen molar-refractivity contribution >= 4 is 34.6 Å². The van der Waals surface area contributed by atoms with Crippen LogP contribution in [0.5, 0.6) is 0 Å². The highest BCUT2D eigenvalue weighted by molar-refractivity contribution is 6.18. The Balaban J connectivity index is 1.66. The molecule has 0 aliphatic carbocycles. The maximum atomic E-state index is 14.1. The van der Waals surface area contributed by atoms with E-state index in [4.69, 9.17) is 16.9 Å². The first kappa shape index (κ1) is 21.0. The molecule has 162 valence electrons. The molecule has 0 amide bonds. The predicted molar refractivity (Wildman–Crippen MR) is 121 cm³/mol. The SMILES string of the molecule is CC1(C)C(=N)N(Cc2ccccc2F)N=C1c1nc(N)c(N=Nc2ccccc2)c(N)n1. The zero-order valence-electron chi connectivity index (χ0n) is 17.6. The highest BCUT2D eigenvalue weighted by Crippen LogP contribution is 2.35. The Morgan fingerprint density at radius 1 is 0.969 bits per heavy atom. The summed E-state index contributed by atoms with van der Waals surface area (Å²) in [6.45, 7) is 3.73. The third kappa shape index (κ3) is 3.89. The maximum absolute atomic E-state index is 14.1. The van der Waals surface area contributed by atoms with Crippen molar-refractivity contribution in [2.45, 2.75) is 20.4 Å². The van der Waals surface area contributed by atoms with E-state index >= 15 is 0 Å². The van der Waals surface area contributed by atoms with Crippen LogP contribution in [0.25, 0.3) is 0 Å². The molecule has 1 aliphatic heterocycles. The lowest BCUT2D eigenvalue weighted by Gasteiger charge is -2.22. The van der Waals surface area contributed by atoms with Crippen molar-refractivity contribution in [1.29, 1.82) is 5.41 Å². The second kappa shape index (κ2) is 8.14. The van der Waals surface area contributed by atoms with E-state index in [0.717, 1.165) is 0 Å². The minimum absolute atomic E-state index is 0.0461. The van der Waals surface area contributed by atoms with E-state index < -0.39 is 5.41 Å². The average Bonchev–Trinajstić information content (AvgIpc) is 2.99. The van der Waals surface area contributed by atoms with Crippen LogP contribution in [-0.4, -0.2) is 26.5 Å². The van der Waals surface area contributed by atoms with Crippen LogP contribution in [0.1, 0.15) is 25.2 Å². The Labute approximate surface area is 184 Å². The topological polar surface area (TPSA) is 142 Å². The first-order valence-corrected chi connectivity index (χ1v) is 9.86. The number of halogens is 1. The van der Waals surface area contributed by atoms with Gasteiger partial charge in [-0.2, -0.15) is 10.2 Å². The van der Waals surface area contributed by atoms with Crippen LogP contribution in [0.4, 0.5) is 27.4 Å². The molecule has 0 radical (unpaired) electrons. The molecule has 32 heavy (non-hydrogen) atoms. The molecule has 2 aromatic carbocycles. The number of hydrogen-bond acceptors (Lipinski definition) is 8. The molecule has 4 rings (SSSR count). The number of nitrogen functional groups attached to an aromatic ring is 2. The summed E-state index contributed by atoms with van der Waals surface area (Å²) in [6, 6.07) is 15.5. The standard InChI is InChI=1S/C22H22FN9/c1-22(2)17(31-32(21(22)26)12-13-8-6-7-11-15(13)23)20-27-18(24)16(19(25)28-20)30-29-14-9-4-3-5-10-14/h3-11,26H,12H2,1-2H3,(H4,24,25,27,28). The number of nitrogens with two attached hydrogens (primary N) is 2. The molecule has 0 unspecified atom stereocenters. The molecule has 1 aliphatic rings. The van der Waals surface area contributed by atoms with Gasteiger partial charge in [0.2, 0.25) is 0 Å². The van der Waals surface area contributed by atoms with Crippen molar-refractivity contribution in [2.24, 2.45) is 20.7 Å². The maximum Gasteiger partial charge on any atom is 0.181 e. The van der Waals surface area contributed by atoms with Gasteiger partial charge in [-0.25, -0.2) is 19.4 Å². The lowest BCUT2D eigenvalue weighted by Crippen LogP contribution is -2.35. The van der Waals surface area contributed by atoms with Crippen molar-refractivity contribution in [1.82, 2.24) is 15.0 Å². The van der Waals surface area contributed by atoms with Gasteiger partial charge in [0.1, 0.15) is 17.4 Å². The van der Waals surface area contributed by atoms with Crippen LogP contribution >= 0.6 is 0 Å². The number of anilines is 2. The molecule has 0 spiro atoms. The lowest BCUT2D eigenvalue weighted by molar-refractivity contribution is 0.419. The highest BCUT2D eigenvalue weighted by atomic mass is 19.1. The van der Waals surface area contributed by atoms with Gasteiger partial charge >= 0.3 is 0 Å². The minimum Gasteiger partial charge on any atom is -0.382 e. The summed E-state index contributed by atoms with van der Waals surface area (Å²) >= 11 is 0. The predicted octanol–water partition coefficient (Wildman–Crippen LogP) is 4.42. The fraction of sp³-hybridized carbons (Fsp3) is 0.182.